The summed E-state index contributed by atoms with van der Waals surface area (Å²) in [7, 11) is 0. The van der Waals surface area contributed by atoms with Gasteiger partial charge in [-0.2, -0.15) is 0 Å². The third-order valence-corrected chi connectivity index (χ3v) is 3.55. The number of ether oxygens (including phenoxy) is 1. The Bertz CT molecular complexity index is 556. The number of pyridine rings is 1. The minimum Gasteiger partial charge on any atom is -0.491 e. The summed E-state index contributed by atoms with van der Waals surface area (Å²) < 4.78 is 5.75. The zero-order valence-electron chi connectivity index (χ0n) is 10.6. The standard InChI is InChI=1S/C15H15ClN2O/c16-9-12-5-6-15(17-10-12)18-7-8-19-14-4-2-1-3-13(14)11-18/h1-6,10H,7-9,11H2. The Morgan fingerprint density at radius 2 is 2.11 bits per heavy atom. The van der Waals surface area contributed by atoms with Crippen LogP contribution in [0.15, 0.2) is 42.6 Å². The Hall–Kier alpha value is -1.74. The Kier molecular flexibility index (Phi) is 3.56. The van der Waals surface area contributed by atoms with Crippen LogP contribution >= 0.6 is 11.6 Å². The molecule has 98 valence electrons. The average Bonchev–Trinajstić information content (AvgIpc) is 2.69. The molecule has 0 fully saturated rings. The lowest BCUT2D eigenvalue weighted by Gasteiger charge is -2.20. The fraction of sp³-hybridized carbons (Fsp3) is 0.267. The second kappa shape index (κ2) is 5.49. The van der Waals surface area contributed by atoms with Crippen molar-refractivity contribution in [3.63, 3.8) is 0 Å². The number of nitrogens with zero attached hydrogens (tertiary/aromatic N) is 2. The molecule has 4 heteroatoms. The number of fused-ring (bicyclic) bond motifs is 1. The van der Waals surface area contributed by atoms with Gasteiger partial charge in [0.1, 0.15) is 18.2 Å². The van der Waals surface area contributed by atoms with Crippen LogP contribution < -0.4 is 9.64 Å². The molecular weight excluding hydrogens is 260 g/mol. The van der Waals surface area contributed by atoms with E-state index in [0.29, 0.717) is 12.5 Å². The van der Waals surface area contributed by atoms with Crippen molar-refractivity contribution in [2.75, 3.05) is 18.1 Å². The molecule has 0 N–H and O–H groups in total. The maximum atomic E-state index is 5.78. The van der Waals surface area contributed by atoms with E-state index in [4.69, 9.17) is 16.3 Å². The second-order valence-electron chi connectivity index (χ2n) is 4.54. The summed E-state index contributed by atoms with van der Waals surface area (Å²) in [4.78, 5) is 6.70. The van der Waals surface area contributed by atoms with Crippen molar-refractivity contribution in [1.82, 2.24) is 4.98 Å². The Balaban J connectivity index is 1.85. The van der Waals surface area contributed by atoms with Crippen molar-refractivity contribution >= 4 is 17.4 Å². The number of rotatable bonds is 2. The Morgan fingerprint density at radius 1 is 1.21 bits per heavy atom. The molecule has 0 aliphatic carbocycles. The molecule has 3 nitrogen and oxygen atoms in total. The van der Waals surface area contributed by atoms with Crippen LogP contribution in [0.25, 0.3) is 0 Å². The van der Waals surface area contributed by atoms with Crippen molar-refractivity contribution < 1.29 is 4.74 Å². The molecule has 1 aliphatic rings. The first-order chi connectivity index (χ1) is 9.36. The van der Waals surface area contributed by atoms with E-state index in [1.54, 1.807) is 0 Å². The minimum atomic E-state index is 0.499. The summed E-state index contributed by atoms with van der Waals surface area (Å²) in [6, 6.07) is 12.2. The summed E-state index contributed by atoms with van der Waals surface area (Å²) in [5, 5.41) is 0. The molecule has 0 unspecified atom stereocenters. The topological polar surface area (TPSA) is 25.4 Å². The van der Waals surface area contributed by atoms with Gasteiger partial charge in [-0.1, -0.05) is 24.3 Å². The van der Waals surface area contributed by atoms with Gasteiger partial charge in [-0.25, -0.2) is 4.98 Å². The van der Waals surface area contributed by atoms with Gasteiger partial charge in [-0.05, 0) is 17.7 Å². The summed E-state index contributed by atoms with van der Waals surface area (Å²) >= 11 is 5.78. The number of para-hydroxylation sites is 1. The number of aromatic nitrogens is 1. The Morgan fingerprint density at radius 3 is 2.89 bits per heavy atom. The van der Waals surface area contributed by atoms with Gasteiger partial charge < -0.3 is 9.64 Å². The highest BCUT2D eigenvalue weighted by Crippen LogP contribution is 2.25. The van der Waals surface area contributed by atoms with E-state index < -0.39 is 0 Å². The van der Waals surface area contributed by atoms with Crippen LogP contribution in [0.3, 0.4) is 0 Å². The first-order valence-corrected chi connectivity index (χ1v) is 6.87. The maximum Gasteiger partial charge on any atom is 0.128 e. The first-order valence-electron chi connectivity index (χ1n) is 6.33. The van der Waals surface area contributed by atoms with Crippen molar-refractivity contribution in [2.45, 2.75) is 12.4 Å². The van der Waals surface area contributed by atoms with E-state index in [0.717, 1.165) is 30.2 Å². The molecular formula is C15H15ClN2O. The van der Waals surface area contributed by atoms with Crippen LogP contribution in [0.5, 0.6) is 5.75 Å². The summed E-state index contributed by atoms with van der Waals surface area (Å²) in [6.07, 6.45) is 1.83. The zero-order chi connectivity index (χ0) is 13.1. The van der Waals surface area contributed by atoms with E-state index in [9.17, 15) is 0 Å². The third-order valence-electron chi connectivity index (χ3n) is 3.24. The average molecular weight is 275 g/mol. The van der Waals surface area contributed by atoms with Gasteiger partial charge in [0.15, 0.2) is 0 Å². The van der Waals surface area contributed by atoms with E-state index in [1.165, 1.54) is 5.56 Å². The van der Waals surface area contributed by atoms with Crippen LogP contribution in [-0.4, -0.2) is 18.1 Å². The van der Waals surface area contributed by atoms with Crippen LogP contribution in [0, 0.1) is 0 Å². The van der Waals surface area contributed by atoms with Gasteiger partial charge in [-0.3, -0.25) is 0 Å². The number of hydrogen-bond acceptors (Lipinski definition) is 3. The maximum absolute atomic E-state index is 5.78. The van der Waals surface area contributed by atoms with Gasteiger partial charge in [0.25, 0.3) is 0 Å². The zero-order valence-corrected chi connectivity index (χ0v) is 11.3. The first kappa shape index (κ1) is 12.3. The van der Waals surface area contributed by atoms with E-state index in [-0.39, 0.29) is 0 Å². The quantitative estimate of drug-likeness (QED) is 0.787. The molecule has 0 radical (unpaired) electrons. The highest BCUT2D eigenvalue weighted by Gasteiger charge is 2.15. The van der Waals surface area contributed by atoms with Crippen LogP contribution in [0.4, 0.5) is 5.82 Å². The number of anilines is 1. The third kappa shape index (κ3) is 2.66. The lowest BCUT2D eigenvalue weighted by atomic mass is 10.2. The summed E-state index contributed by atoms with van der Waals surface area (Å²) in [6.45, 7) is 2.33. The molecule has 0 saturated heterocycles. The number of alkyl halides is 1. The highest BCUT2D eigenvalue weighted by molar-refractivity contribution is 6.17. The fourth-order valence-electron chi connectivity index (χ4n) is 2.20. The lowest BCUT2D eigenvalue weighted by Crippen LogP contribution is -2.26. The molecule has 2 aromatic rings. The molecule has 1 aromatic carbocycles. The van der Waals surface area contributed by atoms with Crippen molar-refractivity contribution in [2.24, 2.45) is 0 Å². The number of halogens is 1. The largest absolute Gasteiger partial charge is 0.491 e. The lowest BCUT2D eigenvalue weighted by molar-refractivity contribution is 0.331. The predicted octanol–water partition coefficient (Wildman–Crippen LogP) is 3.22. The van der Waals surface area contributed by atoms with E-state index in [2.05, 4.69) is 16.0 Å². The predicted molar refractivity (Wildman–Crippen MR) is 76.8 cm³/mol. The monoisotopic (exact) mass is 274 g/mol. The van der Waals surface area contributed by atoms with Gasteiger partial charge >= 0.3 is 0 Å². The van der Waals surface area contributed by atoms with Gasteiger partial charge in [-0.15, -0.1) is 11.6 Å². The molecule has 0 atom stereocenters. The molecule has 1 aliphatic heterocycles. The van der Waals surface area contributed by atoms with E-state index in [1.807, 2.05) is 36.5 Å². The molecule has 0 bridgehead atoms. The molecule has 0 amide bonds. The summed E-state index contributed by atoms with van der Waals surface area (Å²) in [5.74, 6) is 2.44. The SMILES string of the molecule is ClCc1ccc(N2CCOc3ccccc3C2)nc1. The van der Waals surface area contributed by atoms with Crippen molar-refractivity contribution in [1.29, 1.82) is 0 Å². The van der Waals surface area contributed by atoms with Gasteiger partial charge in [0.05, 0.1) is 6.54 Å². The van der Waals surface area contributed by atoms with Crippen LogP contribution in [0.1, 0.15) is 11.1 Å². The van der Waals surface area contributed by atoms with E-state index >= 15 is 0 Å². The highest BCUT2D eigenvalue weighted by atomic mass is 35.5. The van der Waals surface area contributed by atoms with Gasteiger partial charge in [0, 0.05) is 24.2 Å². The van der Waals surface area contributed by atoms with Crippen LogP contribution in [-0.2, 0) is 12.4 Å². The molecule has 1 aromatic heterocycles. The fourth-order valence-corrected chi connectivity index (χ4v) is 2.36. The Labute approximate surface area is 117 Å². The van der Waals surface area contributed by atoms with Crippen LogP contribution in [0.2, 0.25) is 0 Å². The number of hydrogen-bond donors (Lipinski definition) is 0. The molecule has 0 spiro atoms. The van der Waals surface area contributed by atoms with Gasteiger partial charge in [0.2, 0.25) is 0 Å². The molecule has 19 heavy (non-hydrogen) atoms. The smallest absolute Gasteiger partial charge is 0.128 e. The van der Waals surface area contributed by atoms with Crippen molar-refractivity contribution in [3.05, 3.63) is 53.7 Å². The molecule has 3 rings (SSSR count). The number of benzene rings is 1. The molecule has 2 heterocycles. The summed E-state index contributed by atoms with van der Waals surface area (Å²) in [5.41, 5.74) is 2.24. The van der Waals surface area contributed by atoms with Crippen molar-refractivity contribution in [3.8, 4) is 5.75 Å². The minimum absolute atomic E-state index is 0.499. The second-order valence-corrected chi connectivity index (χ2v) is 4.80. The molecule has 0 saturated carbocycles. The normalized spacial score (nSPS) is 14.5.